The molecule has 6 nitrogen and oxygen atoms in total. The van der Waals surface area contributed by atoms with Crippen LogP contribution in [0.2, 0.25) is 0 Å². The second-order valence-electron chi connectivity index (χ2n) is 16.8. The minimum absolute atomic E-state index is 0.121. The third-order valence-corrected chi connectivity index (χ3v) is 10.5. The van der Waals surface area contributed by atoms with Crippen LogP contribution in [0.1, 0.15) is 201 Å². The van der Waals surface area contributed by atoms with Crippen molar-refractivity contribution in [3.05, 3.63) is 146 Å². The first-order valence-electron chi connectivity index (χ1n) is 26.4. The summed E-state index contributed by atoms with van der Waals surface area (Å²) < 4.78 is 16.7. The highest BCUT2D eigenvalue weighted by molar-refractivity contribution is 5.71. The Kier molecular flexibility index (Phi) is 50.1. The first-order valence-corrected chi connectivity index (χ1v) is 26.4. The van der Waals surface area contributed by atoms with Crippen LogP contribution in [0.5, 0.6) is 0 Å². The van der Waals surface area contributed by atoms with Gasteiger partial charge in [-0.25, -0.2) is 0 Å². The van der Waals surface area contributed by atoms with E-state index in [9.17, 15) is 14.4 Å². The van der Waals surface area contributed by atoms with Crippen LogP contribution < -0.4 is 0 Å². The second kappa shape index (κ2) is 53.9. The summed E-state index contributed by atoms with van der Waals surface area (Å²) in [7, 11) is 0. The molecule has 1 unspecified atom stereocenters. The lowest BCUT2D eigenvalue weighted by Gasteiger charge is -2.18. The predicted octanol–water partition coefficient (Wildman–Crippen LogP) is 17.6. The Bertz CT molecular complexity index is 1530. The zero-order valence-electron chi connectivity index (χ0n) is 42.6. The van der Waals surface area contributed by atoms with Crippen LogP contribution in [0, 0.1) is 0 Å². The van der Waals surface area contributed by atoms with E-state index in [2.05, 4.69) is 106 Å². The lowest BCUT2D eigenvalue weighted by molar-refractivity contribution is -0.167. The van der Waals surface area contributed by atoms with Crippen molar-refractivity contribution < 1.29 is 28.6 Å². The molecule has 0 aromatic heterocycles. The van der Waals surface area contributed by atoms with E-state index in [4.69, 9.17) is 14.2 Å². The Morgan fingerprint density at radius 3 is 1.10 bits per heavy atom. The molecule has 0 aliphatic carbocycles. The molecule has 0 rings (SSSR count). The number of esters is 3. The fraction of sp³-hybridized carbons (Fsp3) is 0.557. The van der Waals surface area contributed by atoms with Gasteiger partial charge in [-0.1, -0.05) is 218 Å². The third-order valence-electron chi connectivity index (χ3n) is 10.5. The van der Waals surface area contributed by atoms with Crippen molar-refractivity contribution in [2.45, 2.75) is 207 Å². The highest BCUT2D eigenvalue weighted by Gasteiger charge is 2.19. The zero-order valence-corrected chi connectivity index (χ0v) is 42.6. The quantitative estimate of drug-likeness (QED) is 0.0199. The van der Waals surface area contributed by atoms with Gasteiger partial charge in [-0.15, -0.1) is 0 Å². The Hall–Kier alpha value is -4.71. The predicted molar refractivity (Wildman–Crippen MR) is 288 cm³/mol. The van der Waals surface area contributed by atoms with Gasteiger partial charge in [0, 0.05) is 19.3 Å². The summed E-state index contributed by atoms with van der Waals surface area (Å²) in [4.78, 5) is 38.0. The van der Waals surface area contributed by atoms with Gasteiger partial charge in [0.1, 0.15) is 13.2 Å². The topological polar surface area (TPSA) is 78.9 Å². The number of ether oxygens (including phenoxy) is 3. The molecule has 0 fully saturated rings. The maximum absolute atomic E-state index is 12.8. The van der Waals surface area contributed by atoms with Crippen molar-refractivity contribution in [2.75, 3.05) is 13.2 Å². The summed E-state index contributed by atoms with van der Waals surface area (Å²) in [6.07, 6.45) is 76.8. The normalized spacial score (nSPS) is 13.3. The lowest BCUT2D eigenvalue weighted by Crippen LogP contribution is -2.30. The maximum Gasteiger partial charge on any atom is 0.306 e. The van der Waals surface area contributed by atoms with E-state index < -0.39 is 6.10 Å². The highest BCUT2D eigenvalue weighted by atomic mass is 16.6. The number of rotatable bonds is 45. The van der Waals surface area contributed by atoms with Crippen LogP contribution in [-0.2, 0) is 28.6 Å². The molecule has 0 spiro atoms. The minimum Gasteiger partial charge on any atom is -0.462 e. The standard InChI is InChI=1S/C61H94O6/c1-4-7-10-13-16-19-22-25-27-29-30-32-33-36-39-42-45-48-51-54-60(63)66-57-58(56-65-59(62)53-50-47-44-41-38-35-24-21-18-15-12-9-6-3)67-61(64)55-52-49-46-43-40-37-34-31-28-26-23-20-17-14-11-8-5-2/h7-8,10-11,14,16-17,19-20,23,25-28,30-32,34-40,58H,4-6,9,12-13,15,18,21-22,24,29,33,41-57H2,1-3H3/b10-7-,11-8-,17-14-,19-16-,23-20-,27-25-,28-26-,32-30-,34-31+,38-35-,39-36-,40-37-. The SMILES string of the molecule is CC\C=C/C=C\C=C/C=C\C=C\C=C/CCCCCC(=O)OC(COC(=O)CCCCC/C=C\C/C=C\C/C=C\C/C=C\C/C=C\CC)COC(=O)CCCCC/C=C\CCCCCCCC. The van der Waals surface area contributed by atoms with Crippen molar-refractivity contribution in [3.63, 3.8) is 0 Å². The van der Waals surface area contributed by atoms with Crippen LogP contribution >= 0.6 is 0 Å². The molecule has 0 saturated carbocycles. The van der Waals surface area contributed by atoms with Gasteiger partial charge in [0.15, 0.2) is 6.10 Å². The largest absolute Gasteiger partial charge is 0.462 e. The van der Waals surface area contributed by atoms with Gasteiger partial charge in [-0.3, -0.25) is 14.4 Å². The van der Waals surface area contributed by atoms with E-state index in [0.29, 0.717) is 19.3 Å². The monoisotopic (exact) mass is 923 g/mol. The minimum atomic E-state index is -0.828. The van der Waals surface area contributed by atoms with Gasteiger partial charge in [-0.2, -0.15) is 0 Å². The van der Waals surface area contributed by atoms with Crippen LogP contribution in [-0.4, -0.2) is 37.2 Å². The Labute approximate surface area is 410 Å². The molecule has 67 heavy (non-hydrogen) atoms. The Balaban J connectivity index is 4.59. The fourth-order valence-electron chi connectivity index (χ4n) is 6.55. The van der Waals surface area contributed by atoms with E-state index in [1.54, 1.807) is 0 Å². The van der Waals surface area contributed by atoms with E-state index in [-0.39, 0.29) is 37.5 Å². The van der Waals surface area contributed by atoms with Gasteiger partial charge in [0.2, 0.25) is 0 Å². The summed E-state index contributed by atoms with van der Waals surface area (Å²) in [6, 6.07) is 0. The fourth-order valence-corrected chi connectivity index (χ4v) is 6.55. The van der Waals surface area contributed by atoms with Gasteiger partial charge in [-0.05, 0) is 109 Å². The number of carbonyl (C=O) groups is 3. The molecule has 0 aliphatic rings. The van der Waals surface area contributed by atoms with E-state index >= 15 is 0 Å². The molecule has 0 aromatic carbocycles. The summed E-state index contributed by atoms with van der Waals surface area (Å²) >= 11 is 0. The van der Waals surface area contributed by atoms with Gasteiger partial charge >= 0.3 is 17.9 Å². The first kappa shape index (κ1) is 62.3. The van der Waals surface area contributed by atoms with Gasteiger partial charge in [0.05, 0.1) is 0 Å². The van der Waals surface area contributed by atoms with Crippen molar-refractivity contribution in [3.8, 4) is 0 Å². The average Bonchev–Trinajstić information content (AvgIpc) is 3.33. The van der Waals surface area contributed by atoms with Crippen LogP contribution in [0.3, 0.4) is 0 Å². The summed E-state index contributed by atoms with van der Waals surface area (Å²) in [5.41, 5.74) is 0. The first-order chi connectivity index (χ1) is 33.0. The highest BCUT2D eigenvalue weighted by Crippen LogP contribution is 2.12. The molecular weight excluding hydrogens is 829 g/mol. The van der Waals surface area contributed by atoms with Crippen molar-refractivity contribution in [1.82, 2.24) is 0 Å². The van der Waals surface area contributed by atoms with Crippen molar-refractivity contribution in [1.29, 1.82) is 0 Å². The molecule has 0 N–H and O–H groups in total. The van der Waals surface area contributed by atoms with Crippen LogP contribution in [0.15, 0.2) is 146 Å². The molecule has 0 aromatic rings. The molecule has 6 heteroatoms. The molecular formula is C61H94O6. The van der Waals surface area contributed by atoms with Crippen LogP contribution in [0.25, 0.3) is 0 Å². The summed E-state index contributed by atoms with van der Waals surface area (Å²) in [5.74, 6) is -1.02. The summed E-state index contributed by atoms with van der Waals surface area (Å²) in [6.45, 7) is 6.27. The Morgan fingerprint density at radius 2 is 0.657 bits per heavy atom. The number of carbonyl (C=O) groups excluding carboxylic acids is 3. The molecule has 0 radical (unpaired) electrons. The third kappa shape index (κ3) is 52.1. The number of hydrogen-bond donors (Lipinski definition) is 0. The van der Waals surface area contributed by atoms with Crippen molar-refractivity contribution in [2.24, 2.45) is 0 Å². The molecule has 0 heterocycles. The second-order valence-corrected chi connectivity index (χ2v) is 16.8. The summed E-state index contributed by atoms with van der Waals surface area (Å²) in [5, 5.41) is 0. The average molecular weight is 923 g/mol. The molecule has 0 saturated heterocycles. The number of hydrogen-bond acceptors (Lipinski definition) is 6. The van der Waals surface area contributed by atoms with E-state index in [1.165, 1.54) is 38.5 Å². The Morgan fingerprint density at radius 1 is 0.328 bits per heavy atom. The lowest BCUT2D eigenvalue weighted by atomic mass is 10.1. The zero-order chi connectivity index (χ0) is 48.6. The molecule has 0 amide bonds. The molecule has 374 valence electrons. The van der Waals surface area contributed by atoms with Crippen LogP contribution in [0.4, 0.5) is 0 Å². The van der Waals surface area contributed by atoms with E-state index in [0.717, 1.165) is 116 Å². The maximum atomic E-state index is 12.8. The molecule has 0 bridgehead atoms. The smallest absolute Gasteiger partial charge is 0.306 e. The van der Waals surface area contributed by atoms with Gasteiger partial charge in [0.25, 0.3) is 0 Å². The van der Waals surface area contributed by atoms with Gasteiger partial charge < -0.3 is 14.2 Å². The molecule has 0 aliphatic heterocycles. The van der Waals surface area contributed by atoms with E-state index in [1.807, 2.05) is 60.8 Å². The number of unbranched alkanes of at least 4 members (excludes halogenated alkanes) is 15. The van der Waals surface area contributed by atoms with Crippen molar-refractivity contribution >= 4 is 17.9 Å². The molecule has 1 atom stereocenters. The number of allylic oxidation sites excluding steroid dienone is 24.